The van der Waals surface area contributed by atoms with E-state index in [0.717, 1.165) is 5.56 Å². The summed E-state index contributed by atoms with van der Waals surface area (Å²) in [6.45, 7) is 0. The molecule has 0 unspecified atom stereocenters. The molecule has 0 fully saturated rings. The minimum Gasteiger partial charge on any atom is -0.440 e. The standard InChI is InChI=1S/C14H10Cl2N2O/c15-9-5-4-8(6-10(9)16)7-13-18-14-11(17)2-1-3-12(14)19-13/h1-6H,7,17H2. The Morgan fingerprint density at radius 2 is 1.95 bits per heavy atom. The van der Waals surface area contributed by atoms with E-state index in [1.807, 2.05) is 24.3 Å². The zero-order valence-electron chi connectivity index (χ0n) is 9.86. The van der Waals surface area contributed by atoms with Crippen LogP contribution >= 0.6 is 23.2 Å². The van der Waals surface area contributed by atoms with Crippen LogP contribution in [0.3, 0.4) is 0 Å². The fourth-order valence-electron chi connectivity index (χ4n) is 1.92. The number of aromatic nitrogens is 1. The van der Waals surface area contributed by atoms with Gasteiger partial charge in [0.25, 0.3) is 0 Å². The monoisotopic (exact) mass is 292 g/mol. The van der Waals surface area contributed by atoms with Crippen LogP contribution in [0.1, 0.15) is 11.5 Å². The van der Waals surface area contributed by atoms with Crippen molar-refractivity contribution < 1.29 is 4.42 Å². The highest BCUT2D eigenvalue weighted by Gasteiger charge is 2.09. The summed E-state index contributed by atoms with van der Waals surface area (Å²) in [5.41, 5.74) is 8.83. The van der Waals surface area contributed by atoms with Gasteiger partial charge in [-0.1, -0.05) is 35.3 Å². The normalized spacial score (nSPS) is 11.1. The second-order valence-electron chi connectivity index (χ2n) is 4.23. The first-order valence-corrected chi connectivity index (χ1v) is 6.47. The van der Waals surface area contributed by atoms with Crippen molar-refractivity contribution in [1.29, 1.82) is 0 Å². The number of fused-ring (bicyclic) bond motifs is 1. The van der Waals surface area contributed by atoms with E-state index >= 15 is 0 Å². The van der Waals surface area contributed by atoms with Crippen LogP contribution in [0.2, 0.25) is 10.0 Å². The Morgan fingerprint density at radius 3 is 2.68 bits per heavy atom. The molecule has 0 atom stereocenters. The molecule has 0 bridgehead atoms. The van der Waals surface area contributed by atoms with Crippen LogP contribution in [0.25, 0.3) is 11.1 Å². The van der Waals surface area contributed by atoms with E-state index in [0.29, 0.717) is 39.1 Å². The lowest BCUT2D eigenvalue weighted by Crippen LogP contribution is -1.89. The van der Waals surface area contributed by atoms with Gasteiger partial charge in [0.1, 0.15) is 5.52 Å². The topological polar surface area (TPSA) is 52.0 Å². The van der Waals surface area contributed by atoms with Crippen LogP contribution in [0.4, 0.5) is 5.69 Å². The molecule has 0 spiro atoms. The van der Waals surface area contributed by atoms with Gasteiger partial charge >= 0.3 is 0 Å². The van der Waals surface area contributed by atoms with Crippen molar-refractivity contribution in [2.45, 2.75) is 6.42 Å². The van der Waals surface area contributed by atoms with Crippen molar-refractivity contribution in [1.82, 2.24) is 4.98 Å². The minimum absolute atomic E-state index is 0.523. The van der Waals surface area contributed by atoms with Crippen LogP contribution in [-0.2, 0) is 6.42 Å². The molecule has 3 rings (SSSR count). The van der Waals surface area contributed by atoms with Crippen molar-refractivity contribution in [3.8, 4) is 0 Å². The van der Waals surface area contributed by atoms with Crippen molar-refractivity contribution in [2.24, 2.45) is 0 Å². The van der Waals surface area contributed by atoms with Crippen LogP contribution in [-0.4, -0.2) is 4.98 Å². The summed E-state index contributed by atoms with van der Waals surface area (Å²) >= 11 is 11.9. The van der Waals surface area contributed by atoms with Crippen molar-refractivity contribution in [2.75, 3.05) is 5.73 Å². The highest BCUT2D eigenvalue weighted by atomic mass is 35.5. The predicted molar refractivity (Wildman–Crippen MR) is 77.7 cm³/mol. The van der Waals surface area contributed by atoms with E-state index in [-0.39, 0.29) is 0 Å². The molecular weight excluding hydrogens is 283 g/mol. The molecule has 19 heavy (non-hydrogen) atoms. The molecule has 1 heterocycles. The Labute approximate surface area is 119 Å². The second-order valence-corrected chi connectivity index (χ2v) is 5.04. The van der Waals surface area contributed by atoms with Gasteiger partial charge in [0.15, 0.2) is 11.5 Å². The van der Waals surface area contributed by atoms with Crippen molar-refractivity contribution in [3.63, 3.8) is 0 Å². The molecule has 0 aliphatic heterocycles. The number of nitrogen functional groups attached to an aromatic ring is 1. The number of nitrogens with zero attached hydrogens (tertiary/aromatic N) is 1. The van der Waals surface area contributed by atoms with Gasteiger partial charge in [0.05, 0.1) is 15.7 Å². The summed E-state index contributed by atoms with van der Waals surface area (Å²) in [6.07, 6.45) is 0.547. The molecule has 5 heteroatoms. The van der Waals surface area contributed by atoms with Crippen LogP contribution < -0.4 is 5.73 Å². The summed E-state index contributed by atoms with van der Waals surface area (Å²) in [5, 5.41) is 1.06. The van der Waals surface area contributed by atoms with Gasteiger partial charge in [-0.2, -0.15) is 0 Å². The zero-order valence-corrected chi connectivity index (χ0v) is 11.4. The zero-order chi connectivity index (χ0) is 13.4. The first-order valence-electron chi connectivity index (χ1n) is 5.71. The lowest BCUT2D eigenvalue weighted by Gasteiger charge is -1.99. The lowest BCUT2D eigenvalue weighted by molar-refractivity contribution is 0.544. The molecule has 0 aliphatic rings. The first-order chi connectivity index (χ1) is 9.13. The summed E-state index contributed by atoms with van der Waals surface area (Å²) in [6, 6.07) is 10.9. The molecular formula is C14H10Cl2N2O. The predicted octanol–water partition coefficient (Wildman–Crippen LogP) is 4.31. The molecule has 2 N–H and O–H groups in total. The number of oxazole rings is 1. The fourth-order valence-corrected chi connectivity index (χ4v) is 2.24. The largest absolute Gasteiger partial charge is 0.440 e. The van der Waals surface area contributed by atoms with Gasteiger partial charge < -0.3 is 10.2 Å². The number of nitrogens with two attached hydrogens (primary N) is 1. The molecule has 3 aromatic rings. The Hall–Kier alpha value is -1.71. The highest BCUT2D eigenvalue weighted by molar-refractivity contribution is 6.42. The molecule has 0 amide bonds. The van der Waals surface area contributed by atoms with E-state index in [9.17, 15) is 0 Å². The number of hydrogen-bond donors (Lipinski definition) is 1. The molecule has 0 aliphatic carbocycles. The van der Waals surface area contributed by atoms with Gasteiger partial charge in [0.2, 0.25) is 0 Å². The Morgan fingerprint density at radius 1 is 1.11 bits per heavy atom. The Balaban J connectivity index is 1.96. The first kappa shape index (κ1) is 12.3. The third-order valence-electron chi connectivity index (χ3n) is 2.83. The third-order valence-corrected chi connectivity index (χ3v) is 3.57. The van der Waals surface area contributed by atoms with Crippen LogP contribution in [0.5, 0.6) is 0 Å². The summed E-state index contributed by atoms with van der Waals surface area (Å²) < 4.78 is 5.66. The molecule has 0 radical (unpaired) electrons. The van der Waals surface area contributed by atoms with Gasteiger partial charge in [-0.3, -0.25) is 0 Å². The number of para-hydroxylation sites is 1. The number of rotatable bonds is 2. The highest BCUT2D eigenvalue weighted by Crippen LogP contribution is 2.26. The van der Waals surface area contributed by atoms with Crippen LogP contribution in [0, 0.1) is 0 Å². The van der Waals surface area contributed by atoms with Crippen molar-refractivity contribution in [3.05, 3.63) is 57.9 Å². The van der Waals surface area contributed by atoms with Gasteiger partial charge in [-0.15, -0.1) is 0 Å². The van der Waals surface area contributed by atoms with E-state index < -0.39 is 0 Å². The maximum atomic E-state index is 5.98. The fraction of sp³-hybridized carbons (Fsp3) is 0.0714. The molecule has 0 saturated carbocycles. The quantitative estimate of drug-likeness (QED) is 0.716. The number of hydrogen-bond acceptors (Lipinski definition) is 3. The van der Waals surface area contributed by atoms with E-state index in [4.69, 9.17) is 33.4 Å². The van der Waals surface area contributed by atoms with Gasteiger partial charge in [-0.25, -0.2) is 4.98 Å². The maximum absolute atomic E-state index is 5.98. The number of anilines is 1. The molecule has 2 aromatic carbocycles. The van der Waals surface area contributed by atoms with E-state index in [2.05, 4.69) is 4.98 Å². The number of benzene rings is 2. The average Bonchev–Trinajstić information content (AvgIpc) is 2.78. The molecule has 96 valence electrons. The van der Waals surface area contributed by atoms with Crippen LogP contribution in [0.15, 0.2) is 40.8 Å². The molecule has 3 nitrogen and oxygen atoms in total. The Bertz CT molecular complexity index is 752. The minimum atomic E-state index is 0.523. The number of halogens is 2. The summed E-state index contributed by atoms with van der Waals surface area (Å²) in [7, 11) is 0. The lowest BCUT2D eigenvalue weighted by atomic mass is 10.1. The van der Waals surface area contributed by atoms with Crippen molar-refractivity contribution >= 4 is 40.0 Å². The van der Waals surface area contributed by atoms with E-state index in [1.165, 1.54) is 0 Å². The Kier molecular flexibility index (Phi) is 3.09. The SMILES string of the molecule is Nc1cccc2oc(Cc3ccc(Cl)c(Cl)c3)nc12. The van der Waals surface area contributed by atoms with Gasteiger partial charge in [0, 0.05) is 6.42 Å². The smallest absolute Gasteiger partial charge is 0.199 e. The summed E-state index contributed by atoms with van der Waals surface area (Å²) in [4.78, 5) is 4.39. The maximum Gasteiger partial charge on any atom is 0.199 e. The van der Waals surface area contributed by atoms with Gasteiger partial charge in [-0.05, 0) is 29.8 Å². The molecule has 0 saturated heterocycles. The third kappa shape index (κ3) is 2.39. The second kappa shape index (κ2) is 4.76. The van der Waals surface area contributed by atoms with E-state index in [1.54, 1.807) is 12.1 Å². The summed E-state index contributed by atoms with van der Waals surface area (Å²) in [5.74, 6) is 0.603. The molecule has 1 aromatic heterocycles. The average molecular weight is 293 g/mol.